The summed E-state index contributed by atoms with van der Waals surface area (Å²) in [6, 6.07) is 0. The zero-order chi connectivity index (χ0) is 15.0. The van der Waals surface area contributed by atoms with Crippen molar-refractivity contribution in [2.24, 2.45) is 17.3 Å². The minimum absolute atomic E-state index is 0.108. The van der Waals surface area contributed by atoms with Crippen LogP contribution in [0.2, 0.25) is 0 Å². The molecule has 0 amide bonds. The summed E-state index contributed by atoms with van der Waals surface area (Å²) in [5, 5.41) is 9.57. The van der Waals surface area contributed by atoms with Crippen molar-refractivity contribution in [2.75, 3.05) is 26.3 Å². The number of nitrogens with zero attached hydrogens (tertiary/aromatic N) is 3. The summed E-state index contributed by atoms with van der Waals surface area (Å²) in [6.45, 7) is 8.33. The Kier molecular flexibility index (Phi) is 3.75. The smallest absolute Gasteiger partial charge is 0.313 e. The van der Waals surface area contributed by atoms with Crippen molar-refractivity contribution >= 4 is 5.97 Å². The molecule has 3 rings (SSSR count). The third kappa shape index (κ3) is 2.58. The number of carboxylic acid groups (broad SMARTS) is 1. The maximum Gasteiger partial charge on any atom is 0.313 e. The molecule has 0 spiro atoms. The molecule has 0 aromatic carbocycles. The lowest BCUT2D eigenvalue weighted by atomic mass is 9.81. The second-order valence-electron chi connectivity index (χ2n) is 6.77. The first-order valence-corrected chi connectivity index (χ1v) is 7.54. The number of rotatable bonds is 5. The zero-order valence-electron chi connectivity index (χ0n) is 12.7. The molecule has 0 aliphatic carbocycles. The van der Waals surface area contributed by atoms with Crippen LogP contribution in [0.5, 0.6) is 0 Å². The monoisotopic (exact) mass is 293 g/mol. The van der Waals surface area contributed by atoms with Crippen LogP contribution in [0.25, 0.3) is 0 Å². The molecule has 21 heavy (non-hydrogen) atoms. The Balaban J connectivity index is 1.70. The van der Waals surface area contributed by atoms with Gasteiger partial charge >= 0.3 is 5.97 Å². The van der Waals surface area contributed by atoms with Gasteiger partial charge in [-0.3, -0.25) is 9.69 Å². The van der Waals surface area contributed by atoms with Gasteiger partial charge in [0.2, 0.25) is 0 Å². The van der Waals surface area contributed by atoms with E-state index >= 15 is 0 Å². The SMILES string of the molecule is CC(C)Cn1cncc1CN1C[C@@H]2COC[C@]2(C(=O)O)C1. The Morgan fingerprint density at radius 1 is 1.62 bits per heavy atom. The molecule has 1 N–H and O–H groups in total. The molecule has 3 heterocycles. The van der Waals surface area contributed by atoms with Crippen LogP contribution in [-0.2, 0) is 22.6 Å². The van der Waals surface area contributed by atoms with E-state index in [9.17, 15) is 9.90 Å². The number of ether oxygens (including phenoxy) is 1. The van der Waals surface area contributed by atoms with E-state index in [1.165, 1.54) is 0 Å². The number of aliphatic carboxylic acids is 1. The molecule has 116 valence electrons. The number of aromatic nitrogens is 2. The lowest BCUT2D eigenvalue weighted by molar-refractivity contribution is -0.149. The van der Waals surface area contributed by atoms with E-state index < -0.39 is 11.4 Å². The van der Waals surface area contributed by atoms with Crippen molar-refractivity contribution in [3.63, 3.8) is 0 Å². The number of fused-ring (bicyclic) bond motifs is 1. The van der Waals surface area contributed by atoms with Crippen LogP contribution >= 0.6 is 0 Å². The molecule has 2 saturated heterocycles. The number of carboxylic acids is 1. The van der Waals surface area contributed by atoms with Crippen LogP contribution in [0.1, 0.15) is 19.5 Å². The van der Waals surface area contributed by atoms with E-state index in [0.29, 0.717) is 25.7 Å². The van der Waals surface area contributed by atoms with Crippen LogP contribution < -0.4 is 0 Å². The van der Waals surface area contributed by atoms with Crippen molar-refractivity contribution in [1.82, 2.24) is 14.5 Å². The predicted molar refractivity (Wildman–Crippen MR) is 76.7 cm³/mol. The highest BCUT2D eigenvalue weighted by atomic mass is 16.5. The van der Waals surface area contributed by atoms with E-state index in [1.54, 1.807) is 0 Å². The van der Waals surface area contributed by atoms with E-state index in [2.05, 4.69) is 28.3 Å². The van der Waals surface area contributed by atoms with Crippen molar-refractivity contribution in [1.29, 1.82) is 0 Å². The van der Waals surface area contributed by atoms with Gasteiger partial charge in [0, 0.05) is 38.3 Å². The fourth-order valence-electron chi connectivity index (χ4n) is 3.53. The lowest BCUT2D eigenvalue weighted by Gasteiger charge is -2.22. The van der Waals surface area contributed by atoms with Gasteiger partial charge in [-0.25, -0.2) is 4.98 Å². The van der Waals surface area contributed by atoms with Crippen LogP contribution in [0.15, 0.2) is 12.5 Å². The van der Waals surface area contributed by atoms with Gasteiger partial charge in [-0.15, -0.1) is 0 Å². The summed E-state index contributed by atoms with van der Waals surface area (Å²) < 4.78 is 7.58. The molecule has 2 aliphatic rings. The summed E-state index contributed by atoms with van der Waals surface area (Å²) in [5.41, 5.74) is 0.452. The first kappa shape index (κ1) is 14.5. The summed E-state index contributed by atoms with van der Waals surface area (Å²) in [7, 11) is 0. The van der Waals surface area contributed by atoms with Gasteiger partial charge in [-0.1, -0.05) is 13.8 Å². The number of hydrogen-bond acceptors (Lipinski definition) is 4. The number of likely N-dealkylation sites (tertiary alicyclic amines) is 1. The number of hydrogen-bond donors (Lipinski definition) is 1. The molecule has 2 fully saturated rings. The third-order valence-corrected chi connectivity index (χ3v) is 4.62. The Labute approximate surface area is 124 Å². The van der Waals surface area contributed by atoms with Crippen LogP contribution in [0.3, 0.4) is 0 Å². The second-order valence-corrected chi connectivity index (χ2v) is 6.77. The molecule has 2 atom stereocenters. The van der Waals surface area contributed by atoms with Crippen LogP contribution in [0, 0.1) is 17.3 Å². The molecular formula is C15H23N3O3. The van der Waals surface area contributed by atoms with Gasteiger partial charge in [0.05, 0.1) is 25.2 Å². The van der Waals surface area contributed by atoms with Gasteiger partial charge in [0.15, 0.2) is 0 Å². The topological polar surface area (TPSA) is 67.6 Å². The average Bonchev–Trinajstić information content (AvgIpc) is 3.04. The summed E-state index contributed by atoms with van der Waals surface area (Å²) in [6.07, 6.45) is 3.75. The summed E-state index contributed by atoms with van der Waals surface area (Å²) >= 11 is 0. The fourth-order valence-corrected chi connectivity index (χ4v) is 3.53. The van der Waals surface area contributed by atoms with Crippen LogP contribution in [-0.4, -0.2) is 51.8 Å². The Morgan fingerprint density at radius 2 is 2.43 bits per heavy atom. The highest BCUT2D eigenvalue weighted by molar-refractivity contribution is 5.76. The minimum atomic E-state index is -0.719. The summed E-state index contributed by atoms with van der Waals surface area (Å²) in [4.78, 5) is 18.1. The summed E-state index contributed by atoms with van der Waals surface area (Å²) in [5.74, 6) is -0.0469. The fraction of sp³-hybridized carbons (Fsp3) is 0.733. The molecule has 1 aromatic rings. The van der Waals surface area contributed by atoms with Crippen molar-refractivity contribution < 1.29 is 14.6 Å². The molecule has 6 nitrogen and oxygen atoms in total. The first-order chi connectivity index (χ1) is 10.0. The molecule has 0 radical (unpaired) electrons. The third-order valence-electron chi connectivity index (χ3n) is 4.62. The van der Waals surface area contributed by atoms with E-state index in [1.807, 2.05) is 12.5 Å². The molecule has 6 heteroatoms. The number of imidazole rings is 1. The normalized spacial score (nSPS) is 29.2. The van der Waals surface area contributed by atoms with Crippen molar-refractivity contribution in [3.8, 4) is 0 Å². The standard InChI is InChI=1S/C15H23N3O3/c1-11(2)4-18-10-16-3-13(18)6-17-5-12-7-21-9-15(12,8-17)14(19)20/h3,10-12H,4-9H2,1-2H3,(H,19,20)/t12-,15-/m1/s1. The Morgan fingerprint density at radius 3 is 3.10 bits per heavy atom. The van der Waals surface area contributed by atoms with Crippen molar-refractivity contribution in [3.05, 3.63) is 18.2 Å². The quantitative estimate of drug-likeness (QED) is 0.879. The Bertz CT molecular complexity index is 528. The largest absolute Gasteiger partial charge is 0.481 e. The van der Waals surface area contributed by atoms with Gasteiger partial charge in [0.1, 0.15) is 5.41 Å². The van der Waals surface area contributed by atoms with E-state index in [4.69, 9.17) is 4.74 Å². The molecule has 2 aliphatic heterocycles. The molecule has 1 aromatic heterocycles. The maximum absolute atomic E-state index is 11.6. The zero-order valence-corrected chi connectivity index (χ0v) is 12.7. The van der Waals surface area contributed by atoms with E-state index in [-0.39, 0.29) is 5.92 Å². The van der Waals surface area contributed by atoms with Gasteiger partial charge in [-0.2, -0.15) is 0 Å². The van der Waals surface area contributed by atoms with Crippen LogP contribution in [0.4, 0.5) is 0 Å². The van der Waals surface area contributed by atoms with Gasteiger partial charge in [0.25, 0.3) is 0 Å². The molecule has 0 saturated carbocycles. The molecule has 0 bridgehead atoms. The highest BCUT2D eigenvalue weighted by Crippen LogP contribution is 2.41. The first-order valence-electron chi connectivity index (χ1n) is 7.54. The van der Waals surface area contributed by atoms with Gasteiger partial charge in [-0.05, 0) is 5.92 Å². The highest BCUT2D eigenvalue weighted by Gasteiger charge is 2.56. The maximum atomic E-state index is 11.6. The molecule has 0 unspecified atom stereocenters. The Hall–Kier alpha value is -1.40. The average molecular weight is 293 g/mol. The molecular weight excluding hydrogens is 270 g/mol. The van der Waals surface area contributed by atoms with E-state index in [0.717, 1.165) is 25.3 Å². The minimum Gasteiger partial charge on any atom is -0.481 e. The predicted octanol–water partition coefficient (Wildman–Crippen LogP) is 1.07. The van der Waals surface area contributed by atoms with Gasteiger partial charge < -0.3 is 14.4 Å². The lowest BCUT2D eigenvalue weighted by Crippen LogP contribution is -2.39. The second kappa shape index (κ2) is 5.42. The number of carbonyl (C=O) groups is 1. The van der Waals surface area contributed by atoms with Crippen molar-refractivity contribution in [2.45, 2.75) is 26.9 Å².